The Morgan fingerprint density at radius 1 is 1.00 bits per heavy atom. The Labute approximate surface area is 226 Å². The van der Waals surface area contributed by atoms with Gasteiger partial charge in [-0.05, 0) is 55.4 Å². The van der Waals surface area contributed by atoms with Gasteiger partial charge in [0.05, 0.1) is 23.3 Å². The summed E-state index contributed by atoms with van der Waals surface area (Å²) in [5.74, 6) is -3.41. The SMILES string of the molecule is CCOC(=O)C1(c2ccc(-c3ccc(-c4onc(C)c4C(O)C(F)(F)CCc4ccccc4)cc3)cc2)CC1. The van der Waals surface area contributed by atoms with E-state index in [1.165, 1.54) is 0 Å². The largest absolute Gasteiger partial charge is 0.465 e. The maximum absolute atomic E-state index is 15.1. The van der Waals surface area contributed by atoms with Crippen LogP contribution in [0.25, 0.3) is 22.5 Å². The fourth-order valence-corrected chi connectivity index (χ4v) is 5.01. The highest BCUT2D eigenvalue weighted by molar-refractivity contribution is 5.87. The topological polar surface area (TPSA) is 72.6 Å². The quantitative estimate of drug-likeness (QED) is 0.219. The van der Waals surface area contributed by atoms with Gasteiger partial charge in [-0.15, -0.1) is 0 Å². The molecular weight excluding hydrogens is 500 g/mol. The third-order valence-corrected chi connectivity index (χ3v) is 7.51. The highest BCUT2D eigenvalue weighted by Crippen LogP contribution is 2.49. The van der Waals surface area contributed by atoms with Gasteiger partial charge in [-0.2, -0.15) is 0 Å². The lowest BCUT2D eigenvalue weighted by molar-refractivity contribution is -0.146. The van der Waals surface area contributed by atoms with Crippen LogP contribution in [0.1, 0.15) is 54.7 Å². The summed E-state index contributed by atoms with van der Waals surface area (Å²) in [4.78, 5) is 12.4. The van der Waals surface area contributed by atoms with Crippen LogP contribution in [-0.2, 0) is 21.4 Å². The van der Waals surface area contributed by atoms with Crippen molar-refractivity contribution in [3.8, 4) is 22.5 Å². The van der Waals surface area contributed by atoms with Crippen LogP contribution < -0.4 is 0 Å². The Morgan fingerprint density at radius 2 is 1.59 bits per heavy atom. The lowest BCUT2D eigenvalue weighted by Gasteiger charge is -2.23. The smallest absolute Gasteiger partial charge is 0.316 e. The number of carbonyl (C=O) groups excluding carboxylic acids is 1. The molecule has 3 aromatic carbocycles. The van der Waals surface area contributed by atoms with Crippen LogP contribution in [0.3, 0.4) is 0 Å². The van der Waals surface area contributed by atoms with Crippen molar-refractivity contribution in [1.82, 2.24) is 5.16 Å². The molecule has 39 heavy (non-hydrogen) atoms. The summed E-state index contributed by atoms with van der Waals surface area (Å²) in [6.07, 6.45) is -0.844. The van der Waals surface area contributed by atoms with Crippen molar-refractivity contribution < 1.29 is 27.9 Å². The Balaban J connectivity index is 1.33. The van der Waals surface area contributed by atoms with E-state index in [2.05, 4.69) is 5.16 Å². The molecule has 0 radical (unpaired) electrons. The molecule has 0 saturated heterocycles. The average molecular weight is 532 g/mol. The maximum atomic E-state index is 15.1. The van der Waals surface area contributed by atoms with E-state index in [0.717, 1.165) is 35.1 Å². The lowest BCUT2D eigenvalue weighted by atomic mass is 9.92. The molecule has 0 aliphatic heterocycles. The number of aliphatic hydroxyl groups is 1. The third kappa shape index (κ3) is 5.36. The van der Waals surface area contributed by atoms with Gasteiger partial charge in [0.25, 0.3) is 5.92 Å². The van der Waals surface area contributed by atoms with Crippen LogP contribution in [-0.4, -0.2) is 28.8 Å². The first-order valence-electron chi connectivity index (χ1n) is 13.2. The highest BCUT2D eigenvalue weighted by atomic mass is 19.3. The van der Waals surface area contributed by atoms with Gasteiger partial charge in [-0.3, -0.25) is 4.79 Å². The second kappa shape index (κ2) is 10.7. The van der Waals surface area contributed by atoms with E-state index in [9.17, 15) is 9.90 Å². The molecule has 0 bridgehead atoms. The monoisotopic (exact) mass is 531 g/mol. The zero-order valence-electron chi connectivity index (χ0n) is 22.0. The van der Waals surface area contributed by atoms with Crippen molar-refractivity contribution in [3.63, 3.8) is 0 Å². The zero-order chi connectivity index (χ0) is 27.6. The number of ether oxygens (including phenoxy) is 1. The molecule has 1 aliphatic rings. The molecule has 1 saturated carbocycles. The molecule has 5 rings (SSSR count). The first-order valence-corrected chi connectivity index (χ1v) is 13.2. The fourth-order valence-electron chi connectivity index (χ4n) is 5.01. The second-order valence-corrected chi connectivity index (χ2v) is 10.1. The number of halogens is 2. The van der Waals surface area contributed by atoms with E-state index in [0.29, 0.717) is 12.2 Å². The fraction of sp³-hybridized carbons (Fsp3) is 0.312. The third-order valence-electron chi connectivity index (χ3n) is 7.51. The van der Waals surface area contributed by atoms with Crippen molar-refractivity contribution >= 4 is 5.97 Å². The van der Waals surface area contributed by atoms with E-state index in [4.69, 9.17) is 9.26 Å². The molecule has 0 amide bonds. The molecule has 4 aromatic rings. The van der Waals surface area contributed by atoms with Crippen LogP contribution in [0.15, 0.2) is 83.4 Å². The van der Waals surface area contributed by atoms with E-state index in [1.807, 2.05) is 49.4 Å². The minimum atomic E-state index is -3.37. The Hall–Kier alpha value is -3.84. The number of aromatic nitrogens is 1. The van der Waals surface area contributed by atoms with Gasteiger partial charge < -0.3 is 14.4 Å². The van der Waals surface area contributed by atoms with Crippen LogP contribution in [0.4, 0.5) is 8.78 Å². The van der Waals surface area contributed by atoms with E-state index in [-0.39, 0.29) is 29.4 Å². The van der Waals surface area contributed by atoms with Crippen molar-refractivity contribution in [2.24, 2.45) is 0 Å². The molecule has 1 unspecified atom stereocenters. The van der Waals surface area contributed by atoms with Crippen molar-refractivity contribution in [1.29, 1.82) is 0 Å². The van der Waals surface area contributed by atoms with Gasteiger partial charge in [0.1, 0.15) is 6.10 Å². The van der Waals surface area contributed by atoms with Crippen molar-refractivity contribution in [2.75, 3.05) is 6.61 Å². The van der Waals surface area contributed by atoms with Crippen LogP contribution in [0.2, 0.25) is 0 Å². The second-order valence-electron chi connectivity index (χ2n) is 10.1. The predicted octanol–water partition coefficient (Wildman–Crippen LogP) is 7.21. The minimum Gasteiger partial charge on any atom is -0.465 e. The van der Waals surface area contributed by atoms with Gasteiger partial charge in [0, 0.05) is 12.0 Å². The number of esters is 1. The Bertz CT molecular complexity index is 1430. The average Bonchev–Trinajstić information content (AvgIpc) is 3.69. The van der Waals surface area contributed by atoms with E-state index in [1.54, 1.807) is 43.3 Å². The first kappa shape index (κ1) is 26.8. The summed E-state index contributed by atoms with van der Waals surface area (Å²) >= 11 is 0. The van der Waals surface area contributed by atoms with Gasteiger partial charge in [-0.1, -0.05) is 84.0 Å². The van der Waals surface area contributed by atoms with Gasteiger partial charge in [0.2, 0.25) is 0 Å². The molecule has 5 nitrogen and oxygen atoms in total. The van der Waals surface area contributed by atoms with E-state index < -0.39 is 23.9 Å². The molecule has 1 aromatic heterocycles. The number of carbonyl (C=O) groups is 1. The molecule has 1 N–H and O–H groups in total. The number of rotatable bonds is 10. The molecule has 202 valence electrons. The van der Waals surface area contributed by atoms with E-state index >= 15 is 8.78 Å². The van der Waals surface area contributed by atoms with Gasteiger partial charge in [0.15, 0.2) is 5.76 Å². The highest BCUT2D eigenvalue weighted by Gasteiger charge is 2.52. The molecular formula is C32H31F2NO4. The molecule has 1 atom stereocenters. The summed E-state index contributed by atoms with van der Waals surface area (Å²) in [6.45, 7) is 3.72. The molecule has 1 fully saturated rings. The summed E-state index contributed by atoms with van der Waals surface area (Å²) in [5, 5.41) is 14.6. The molecule has 1 aliphatic carbocycles. The van der Waals surface area contributed by atoms with Crippen molar-refractivity contribution in [2.45, 2.75) is 57.0 Å². The first-order chi connectivity index (χ1) is 18.7. The number of hydrogen-bond acceptors (Lipinski definition) is 5. The number of aliphatic hydroxyl groups excluding tert-OH is 1. The summed E-state index contributed by atoms with van der Waals surface area (Å²) in [6, 6.07) is 24.1. The standard InChI is InChI=1S/C32H31F2NO4/c1-3-38-30(37)31(19-20-31)26-15-13-24(14-16-26)23-9-11-25(12-10-23)28-27(21(2)35-39-28)29(36)32(33,34)18-17-22-7-5-4-6-8-22/h4-16,29,36H,3,17-20H2,1-2H3. The minimum absolute atomic E-state index is 0.00105. The zero-order valence-corrected chi connectivity index (χ0v) is 22.0. The number of aryl methyl sites for hydroxylation is 2. The summed E-state index contributed by atoms with van der Waals surface area (Å²) in [7, 11) is 0. The van der Waals surface area contributed by atoms with Crippen molar-refractivity contribution in [3.05, 3.63) is 101 Å². The number of alkyl halides is 2. The normalized spacial score (nSPS) is 15.1. The number of nitrogens with zero attached hydrogens (tertiary/aromatic N) is 1. The Morgan fingerprint density at radius 3 is 2.18 bits per heavy atom. The maximum Gasteiger partial charge on any atom is 0.316 e. The summed E-state index contributed by atoms with van der Waals surface area (Å²) in [5.41, 5.74) is 3.84. The Kier molecular flexibility index (Phi) is 7.36. The number of hydrogen-bond donors (Lipinski definition) is 1. The van der Waals surface area contributed by atoms with Gasteiger partial charge >= 0.3 is 5.97 Å². The number of benzene rings is 3. The lowest BCUT2D eigenvalue weighted by Crippen LogP contribution is -2.27. The molecule has 7 heteroatoms. The summed E-state index contributed by atoms with van der Waals surface area (Å²) < 4.78 is 40.9. The van der Waals surface area contributed by atoms with Crippen LogP contribution >= 0.6 is 0 Å². The van der Waals surface area contributed by atoms with Gasteiger partial charge in [-0.25, -0.2) is 8.78 Å². The molecule has 1 heterocycles. The molecule has 0 spiro atoms. The van der Waals surface area contributed by atoms with Crippen LogP contribution in [0, 0.1) is 6.92 Å². The predicted molar refractivity (Wildman–Crippen MR) is 144 cm³/mol. The van der Waals surface area contributed by atoms with Crippen LogP contribution in [0.5, 0.6) is 0 Å².